The van der Waals surface area contributed by atoms with Crippen LogP contribution in [0.4, 0.5) is 5.69 Å². The van der Waals surface area contributed by atoms with Crippen molar-refractivity contribution in [3.8, 4) is 0 Å². The molecule has 0 unspecified atom stereocenters. The standard InChI is InChI=1S/C17H25ClN2O/c1-3-4-5-13-6-8-14(9-7-13)17(21)20-15-10-12(2)16(18)19-11-15/h10-11,13-14H,3-9H2,1-2H3,(H,20,21). The Morgan fingerprint density at radius 3 is 2.71 bits per heavy atom. The molecule has 1 fully saturated rings. The largest absolute Gasteiger partial charge is 0.324 e. The maximum absolute atomic E-state index is 12.3. The molecule has 0 aromatic carbocycles. The number of carbonyl (C=O) groups is 1. The molecule has 1 N–H and O–H groups in total. The summed E-state index contributed by atoms with van der Waals surface area (Å²) in [5.41, 5.74) is 1.63. The van der Waals surface area contributed by atoms with E-state index in [0.29, 0.717) is 5.15 Å². The first-order chi connectivity index (χ1) is 10.1. The van der Waals surface area contributed by atoms with Gasteiger partial charge in [0.2, 0.25) is 5.91 Å². The smallest absolute Gasteiger partial charge is 0.227 e. The van der Waals surface area contributed by atoms with Gasteiger partial charge in [0.05, 0.1) is 11.9 Å². The second kappa shape index (κ2) is 7.79. The Morgan fingerprint density at radius 2 is 2.10 bits per heavy atom. The van der Waals surface area contributed by atoms with Gasteiger partial charge >= 0.3 is 0 Å². The van der Waals surface area contributed by atoms with E-state index in [0.717, 1.165) is 30.0 Å². The lowest BCUT2D eigenvalue weighted by molar-refractivity contribution is -0.121. The summed E-state index contributed by atoms with van der Waals surface area (Å²) in [6, 6.07) is 1.88. The summed E-state index contributed by atoms with van der Waals surface area (Å²) in [5.74, 6) is 1.11. The monoisotopic (exact) mass is 308 g/mol. The third-order valence-electron chi connectivity index (χ3n) is 4.47. The number of nitrogens with zero attached hydrogens (tertiary/aromatic N) is 1. The number of unbranched alkanes of at least 4 members (excludes halogenated alkanes) is 1. The van der Waals surface area contributed by atoms with Gasteiger partial charge in [-0.2, -0.15) is 0 Å². The lowest BCUT2D eigenvalue weighted by Gasteiger charge is -2.27. The molecule has 2 rings (SSSR count). The molecule has 1 aromatic heterocycles. The van der Waals surface area contributed by atoms with E-state index in [1.807, 2.05) is 13.0 Å². The molecule has 21 heavy (non-hydrogen) atoms. The van der Waals surface area contributed by atoms with Gasteiger partial charge in [0.15, 0.2) is 0 Å². The van der Waals surface area contributed by atoms with E-state index in [-0.39, 0.29) is 11.8 Å². The number of halogens is 1. The molecule has 1 aromatic rings. The van der Waals surface area contributed by atoms with Crippen molar-refractivity contribution in [3.05, 3.63) is 23.0 Å². The maximum Gasteiger partial charge on any atom is 0.227 e. The zero-order valence-corrected chi connectivity index (χ0v) is 13.7. The summed E-state index contributed by atoms with van der Waals surface area (Å²) < 4.78 is 0. The number of nitrogens with one attached hydrogen (secondary N) is 1. The average Bonchev–Trinajstić information content (AvgIpc) is 2.49. The Morgan fingerprint density at radius 1 is 1.38 bits per heavy atom. The molecule has 1 heterocycles. The third kappa shape index (κ3) is 4.70. The van der Waals surface area contributed by atoms with Crippen molar-refractivity contribution in [2.24, 2.45) is 11.8 Å². The highest BCUT2D eigenvalue weighted by molar-refractivity contribution is 6.30. The predicted octanol–water partition coefficient (Wildman–Crippen LogP) is 4.98. The van der Waals surface area contributed by atoms with Gasteiger partial charge in [-0.25, -0.2) is 4.98 Å². The van der Waals surface area contributed by atoms with Crippen LogP contribution in [0.2, 0.25) is 5.15 Å². The minimum atomic E-state index is 0.132. The number of aryl methyl sites for hydroxylation is 1. The van der Waals surface area contributed by atoms with Gasteiger partial charge in [0.1, 0.15) is 5.15 Å². The zero-order valence-electron chi connectivity index (χ0n) is 13.0. The quantitative estimate of drug-likeness (QED) is 0.780. The number of pyridine rings is 1. The summed E-state index contributed by atoms with van der Waals surface area (Å²) in [4.78, 5) is 16.4. The molecular weight excluding hydrogens is 284 g/mol. The van der Waals surface area contributed by atoms with Crippen molar-refractivity contribution in [2.45, 2.75) is 58.8 Å². The van der Waals surface area contributed by atoms with Crippen LogP contribution in [0, 0.1) is 18.8 Å². The summed E-state index contributed by atoms with van der Waals surface area (Å²) >= 11 is 5.90. The average molecular weight is 309 g/mol. The van der Waals surface area contributed by atoms with Crippen LogP contribution in [0.25, 0.3) is 0 Å². The highest BCUT2D eigenvalue weighted by Gasteiger charge is 2.26. The van der Waals surface area contributed by atoms with Crippen LogP contribution in [-0.4, -0.2) is 10.9 Å². The van der Waals surface area contributed by atoms with Gasteiger partial charge < -0.3 is 5.32 Å². The topological polar surface area (TPSA) is 42.0 Å². The first-order valence-corrected chi connectivity index (χ1v) is 8.41. The molecule has 1 aliphatic rings. The molecule has 0 radical (unpaired) electrons. The van der Waals surface area contributed by atoms with Crippen molar-refractivity contribution >= 4 is 23.2 Å². The fourth-order valence-corrected chi connectivity index (χ4v) is 3.18. The molecule has 0 aliphatic heterocycles. The lowest BCUT2D eigenvalue weighted by Crippen LogP contribution is -2.27. The fourth-order valence-electron chi connectivity index (χ4n) is 3.08. The maximum atomic E-state index is 12.3. The van der Waals surface area contributed by atoms with E-state index in [1.54, 1.807) is 6.20 Å². The van der Waals surface area contributed by atoms with Gasteiger partial charge in [0, 0.05) is 5.92 Å². The van der Waals surface area contributed by atoms with E-state index in [1.165, 1.54) is 32.1 Å². The molecule has 0 bridgehead atoms. The third-order valence-corrected chi connectivity index (χ3v) is 4.86. The number of hydrogen-bond donors (Lipinski definition) is 1. The second-order valence-electron chi connectivity index (χ2n) is 6.18. The van der Waals surface area contributed by atoms with Crippen molar-refractivity contribution < 1.29 is 4.79 Å². The summed E-state index contributed by atoms with van der Waals surface area (Å²) in [6.45, 7) is 4.13. The first-order valence-electron chi connectivity index (χ1n) is 8.03. The Kier molecular flexibility index (Phi) is 6.04. The summed E-state index contributed by atoms with van der Waals surface area (Å²) in [7, 11) is 0. The fraction of sp³-hybridized carbons (Fsp3) is 0.647. The van der Waals surface area contributed by atoms with Crippen LogP contribution in [0.15, 0.2) is 12.3 Å². The molecule has 116 valence electrons. The number of carbonyl (C=O) groups excluding carboxylic acids is 1. The number of hydrogen-bond acceptors (Lipinski definition) is 2. The Balaban J connectivity index is 1.83. The number of amides is 1. The van der Waals surface area contributed by atoms with Gasteiger partial charge in [-0.05, 0) is 50.2 Å². The molecule has 1 saturated carbocycles. The van der Waals surface area contributed by atoms with Crippen LogP contribution in [0.3, 0.4) is 0 Å². The molecule has 0 atom stereocenters. The van der Waals surface area contributed by atoms with Gasteiger partial charge in [-0.1, -0.05) is 37.8 Å². The predicted molar refractivity (Wildman–Crippen MR) is 87.6 cm³/mol. The summed E-state index contributed by atoms with van der Waals surface area (Å²) in [5, 5.41) is 3.47. The van der Waals surface area contributed by atoms with Crippen LogP contribution >= 0.6 is 11.6 Å². The van der Waals surface area contributed by atoms with E-state index in [2.05, 4.69) is 17.2 Å². The van der Waals surface area contributed by atoms with Crippen LogP contribution in [0.1, 0.15) is 57.4 Å². The van der Waals surface area contributed by atoms with E-state index >= 15 is 0 Å². The lowest BCUT2D eigenvalue weighted by atomic mass is 9.79. The van der Waals surface area contributed by atoms with Crippen molar-refractivity contribution in [2.75, 3.05) is 5.32 Å². The SMILES string of the molecule is CCCCC1CCC(C(=O)Nc2cnc(Cl)c(C)c2)CC1. The second-order valence-corrected chi connectivity index (χ2v) is 6.54. The molecule has 1 amide bonds. The highest BCUT2D eigenvalue weighted by atomic mass is 35.5. The van der Waals surface area contributed by atoms with Crippen molar-refractivity contribution in [3.63, 3.8) is 0 Å². The molecule has 0 saturated heterocycles. The normalized spacial score (nSPS) is 22.0. The molecule has 3 nitrogen and oxygen atoms in total. The van der Waals surface area contributed by atoms with Gasteiger partial charge in [-0.15, -0.1) is 0 Å². The molecule has 1 aliphatic carbocycles. The Labute approximate surface area is 132 Å². The van der Waals surface area contributed by atoms with Gasteiger partial charge in [0.25, 0.3) is 0 Å². The highest BCUT2D eigenvalue weighted by Crippen LogP contribution is 2.32. The van der Waals surface area contributed by atoms with E-state index < -0.39 is 0 Å². The summed E-state index contributed by atoms with van der Waals surface area (Å²) in [6.07, 6.45) is 9.94. The van der Waals surface area contributed by atoms with Crippen molar-refractivity contribution in [1.82, 2.24) is 4.98 Å². The number of aromatic nitrogens is 1. The molecular formula is C17H25ClN2O. The van der Waals surface area contributed by atoms with Crippen LogP contribution in [0.5, 0.6) is 0 Å². The van der Waals surface area contributed by atoms with E-state index in [9.17, 15) is 4.79 Å². The van der Waals surface area contributed by atoms with Crippen molar-refractivity contribution in [1.29, 1.82) is 0 Å². The minimum Gasteiger partial charge on any atom is -0.324 e. The Bertz CT molecular complexity index is 482. The number of rotatable bonds is 5. The number of anilines is 1. The molecule has 0 spiro atoms. The van der Waals surface area contributed by atoms with Gasteiger partial charge in [-0.3, -0.25) is 4.79 Å². The zero-order chi connectivity index (χ0) is 15.2. The minimum absolute atomic E-state index is 0.132. The molecule has 4 heteroatoms. The van der Waals surface area contributed by atoms with Crippen LogP contribution < -0.4 is 5.32 Å². The van der Waals surface area contributed by atoms with E-state index in [4.69, 9.17) is 11.6 Å². The van der Waals surface area contributed by atoms with Crippen LogP contribution in [-0.2, 0) is 4.79 Å². The first kappa shape index (κ1) is 16.3. The Hall–Kier alpha value is -1.09.